The maximum absolute atomic E-state index is 10.9. The first-order valence-electron chi connectivity index (χ1n) is 3.21. The number of hydrogen-bond donors (Lipinski definition) is 1. The van der Waals surface area contributed by atoms with Crippen LogP contribution in [0.15, 0.2) is 0 Å². The Morgan fingerprint density at radius 1 is 1.64 bits per heavy atom. The molecule has 0 fully saturated rings. The molecule has 0 radical (unpaired) electrons. The zero-order valence-corrected chi connectivity index (χ0v) is 8.33. The molecule has 0 heterocycles. The number of thioether (sulfide) groups is 1. The monoisotopic (exact) mass is 195 g/mol. The molecule has 0 aliphatic carbocycles. The summed E-state index contributed by atoms with van der Waals surface area (Å²) in [5.74, 6) is 0.566. The van der Waals surface area contributed by atoms with Gasteiger partial charge in [-0.05, 0) is 18.4 Å². The van der Waals surface area contributed by atoms with Gasteiger partial charge in [-0.25, -0.2) is 4.79 Å². The molecule has 3 nitrogen and oxygen atoms in total. The van der Waals surface area contributed by atoms with E-state index in [1.165, 1.54) is 0 Å². The first-order valence-corrected chi connectivity index (χ1v) is 5.75. The third-order valence-corrected chi connectivity index (χ3v) is 2.08. The van der Waals surface area contributed by atoms with E-state index in [-0.39, 0.29) is 5.97 Å². The molecule has 0 aliphatic heterocycles. The number of nitrogens with two attached hydrogens (primary N) is 1. The van der Waals surface area contributed by atoms with Crippen LogP contribution in [0.3, 0.4) is 0 Å². The van der Waals surface area contributed by atoms with E-state index in [1.54, 1.807) is 18.0 Å². The Labute approximate surface area is 75.6 Å². The van der Waals surface area contributed by atoms with Crippen LogP contribution in [0, 0.1) is 0 Å². The van der Waals surface area contributed by atoms with Crippen LogP contribution in [0.25, 0.3) is 0 Å². The lowest BCUT2D eigenvalue weighted by Gasteiger charge is -2.07. The summed E-state index contributed by atoms with van der Waals surface area (Å²) in [6, 6.07) is -0.463. The molecule has 0 amide bonds. The predicted molar refractivity (Wildman–Crippen MR) is 50.6 cm³/mol. The lowest BCUT2D eigenvalue weighted by atomic mass is 10.2. The lowest BCUT2D eigenvalue weighted by molar-refractivity contribution is -0.134. The van der Waals surface area contributed by atoms with Gasteiger partial charge in [-0.15, -0.1) is 0 Å². The highest BCUT2D eigenvalue weighted by molar-refractivity contribution is 7.98. The topological polar surface area (TPSA) is 52.3 Å². The van der Waals surface area contributed by atoms with E-state index >= 15 is 0 Å². The van der Waals surface area contributed by atoms with Crippen LogP contribution in [0.4, 0.5) is 0 Å². The van der Waals surface area contributed by atoms with Gasteiger partial charge in [0.1, 0.15) is 6.04 Å². The van der Waals surface area contributed by atoms with Gasteiger partial charge in [0.2, 0.25) is 0 Å². The van der Waals surface area contributed by atoms with Crippen LogP contribution in [0.5, 0.6) is 0 Å². The van der Waals surface area contributed by atoms with Crippen molar-refractivity contribution in [2.24, 2.45) is 5.73 Å². The molecule has 0 saturated carbocycles. The fourth-order valence-corrected chi connectivity index (χ4v) is 1.28. The second-order valence-corrected chi connectivity index (χ2v) is 3.44. The summed E-state index contributed by atoms with van der Waals surface area (Å²) in [5.41, 5.74) is 5.49. The molecule has 5 heteroatoms. The summed E-state index contributed by atoms with van der Waals surface area (Å²) in [5, 5.41) is 0. The van der Waals surface area contributed by atoms with Gasteiger partial charge in [-0.3, -0.25) is 0 Å². The molecule has 0 aliphatic rings. The van der Waals surface area contributed by atoms with Gasteiger partial charge in [-0.1, -0.05) is 0 Å². The Balaban J connectivity index is 3.46. The fourth-order valence-electron chi connectivity index (χ4n) is 0.507. The van der Waals surface area contributed by atoms with Gasteiger partial charge in [0.15, 0.2) is 0 Å². The number of carbonyl (C=O) groups is 1. The normalized spacial score (nSPS) is 12.6. The van der Waals surface area contributed by atoms with E-state index in [1.807, 2.05) is 6.26 Å². The van der Waals surface area contributed by atoms with Crippen molar-refractivity contribution in [3.63, 3.8) is 0 Å². The fraction of sp³-hybridized carbons (Fsp3) is 0.833. The SMILES string of the molecule is CSCCC(N)C(=O)OSC. The smallest absolute Gasteiger partial charge is 0.334 e. The van der Waals surface area contributed by atoms with Gasteiger partial charge in [0.25, 0.3) is 0 Å². The molecule has 2 N–H and O–H groups in total. The molecule has 0 aromatic heterocycles. The largest absolute Gasteiger partial charge is 0.391 e. The van der Waals surface area contributed by atoms with Crippen LogP contribution >= 0.6 is 23.8 Å². The van der Waals surface area contributed by atoms with Gasteiger partial charge >= 0.3 is 5.97 Å². The Morgan fingerprint density at radius 3 is 2.73 bits per heavy atom. The maximum atomic E-state index is 10.9. The van der Waals surface area contributed by atoms with Crippen molar-refractivity contribution in [2.75, 3.05) is 18.3 Å². The van der Waals surface area contributed by atoms with Crippen LogP contribution in [-0.2, 0) is 8.98 Å². The Kier molecular flexibility index (Phi) is 6.90. The number of carbonyl (C=O) groups excluding carboxylic acids is 1. The second kappa shape index (κ2) is 6.82. The summed E-state index contributed by atoms with van der Waals surface area (Å²) < 4.78 is 4.64. The molecule has 0 rings (SSSR count). The lowest BCUT2D eigenvalue weighted by Crippen LogP contribution is -2.31. The highest BCUT2D eigenvalue weighted by atomic mass is 32.2. The second-order valence-electron chi connectivity index (χ2n) is 1.96. The summed E-state index contributed by atoms with van der Waals surface area (Å²) in [6.45, 7) is 0. The van der Waals surface area contributed by atoms with Gasteiger partial charge in [0, 0.05) is 6.26 Å². The van der Waals surface area contributed by atoms with Crippen molar-refractivity contribution in [3.05, 3.63) is 0 Å². The Hall–Kier alpha value is 0.130. The van der Waals surface area contributed by atoms with E-state index in [0.29, 0.717) is 6.42 Å². The van der Waals surface area contributed by atoms with Crippen molar-refractivity contribution >= 4 is 29.8 Å². The third kappa shape index (κ3) is 5.41. The minimum Gasteiger partial charge on any atom is -0.391 e. The quantitative estimate of drug-likeness (QED) is 0.660. The molecule has 0 aromatic carbocycles. The predicted octanol–water partition coefficient (Wildman–Crippen LogP) is 0.888. The van der Waals surface area contributed by atoms with Crippen LogP contribution in [-0.4, -0.2) is 30.3 Å². The van der Waals surface area contributed by atoms with Gasteiger partial charge in [-0.2, -0.15) is 11.8 Å². The molecule has 1 atom stereocenters. The molecule has 0 spiro atoms. The molecule has 0 aromatic rings. The zero-order valence-electron chi connectivity index (χ0n) is 6.70. The molecular weight excluding hydrogens is 182 g/mol. The standard InChI is InChI=1S/C6H13NO2S2/c1-10-4-3-5(7)6(8)9-11-2/h5H,3-4,7H2,1-2H3. The van der Waals surface area contributed by atoms with Crippen molar-refractivity contribution < 1.29 is 8.98 Å². The van der Waals surface area contributed by atoms with Crippen molar-refractivity contribution in [1.29, 1.82) is 0 Å². The van der Waals surface area contributed by atoms with Crippen LogP contribution in [0.1, 0.15) is 6.42 Å². The highest BCUT2D eigenvalue weighted by Crippen LogP contribution is 2.03. The number of hydrogen-bond acceptors (Lipinski definition) is 5. The van der Waals surface area contributed by atoms with Gasteiger partial charge in [0.05, 0.1) is 12.0 Å². The van der Waals surface area contributed by atoms with Crippen molar-refractivity contribution in [2.45, 2.75) is 12.5 Å². The Morgan fingerprint density at radius 2 is 2.27 bits per heavy atom. The molecule has 0 bridgehead atoms. The first-order chi connectivity index (χ1) is 5.22. The molecule has 1 unspecified atom stereocenters. The molecule has 0 saturated heterocycles. The zero-order chi connectivity index (χ0) is 8.69. The van der Waals surface area contributed by atoms with Crippen LogP contribution < -0.4 is 5.73 Å². The van der Waals surface area contributed by atoms with E-state index in [9.17, 15) is 4.79 Å². The minimum atomic E-state index is -0.463. The summed E-state index contributed by atoms with van der Waals surface area (Å²) >= 11 is 2.71. The van der Waals surface area contributed by atoms with Crippen molar-refractivity contribution in [3.8, 4) is 0 Å². The minimum absolute atomic E-state index is 0.327. The summed E-state index contributed by atoms with van der Waals surface area (Å²) in [4.78, 5) is 10.9. The van der Waals surface area contributed by atoms with Crippen molar-refractivity contribution in [1.82, 2.24) is 0 Å². The van der Waals surface area contributed by atoms with E-state index in [2.05, 4.69) is 4.18 Å². The van der Waals surface area contributed by atoms with E-state index in [4.69, 9.17) is 5.73 Å². The molecule has 66 valence electrons. The maximum Gasteiger partial charge on any atom is 0.334 e. The Bertz CT molecular complexity index is 121. The van der Waals surface area contributed by atoms with E-state index in [0.717, 1.165) is 17.8 Å². The average Bonchev–Trinajstić information content (AvgIpc) is 2.00. The third-order valence-electron chi connectivity index (χ3n) is 1.10. The molecule has 11 heavy (non-hydrogen) atoms. The summed E-state index contributed by atoms with van der Waals surface area (Å²) in [6.07, 6.45) is 4.35. The van der Waals surface area contributed by atoms with Crippen LogP contribution in [0.2, 0.25) is 0 Å². The number of rotatable bonds is 5. The summed E-state index contributed by atoms with van der Waals surface area (Å²) in [7, 11) is 0. The van der Waals surface area contributed by atoms with E-state index < -0.39 is 6.04 Å². The van der Waals surface area contributed by atoms with Gasteiger partial charge < -0.3 is 9.92 Å². The first kappa shape index (κ1) is 11.1. The average molecular weight is 195 g/mol. The molecular formula is C6H13NO2S2. The highest BCUT2D eigenvalue weighted by Gasteiger charge is 2.13.